The van der Waals surface area contributed by atoms with E-state index in [1.807, 2.05) is 49.5 Å². The lowest BCUT2D eigenvalue weighted by molar-refractivity contribution is -0.653. The van der Waals surface area contributed by atoms with Crippen molar-refractivity contribution in [2.45, 2.75) is 12.8 Å². The zero-order valence-corrected chi connectivity index (χ0v) is 15.8. The fraction of sp³-hybridized carbons (Fsp3) is 0.120. The lowest BCUT2D eigenvalue weighted by Gasteiger charge is -2.19. The molecule has 28 heavy (non-hydrogen) atoms. The maximum atomic E-state index is 13.4. The van der Waals surface area contributed by atoms with Crippen molar-refractivity contribution >= 4 is 39.2 Å². The van der Waals surface area contributed by atoms with E-state index in [-0.39, 0.29) is 5.78 Å². The largest absolute Gasteiger partial charge is 0.397 e. The molecule has 0 atom stereocenters. The minimum absolute atomic E-state index is 0.0491. The van der Waals surface area contributed by atoms with Crippen LogP contribution in [0.2, 0.25) is 0 Å². The number of aryl methyl sites for hydroxylation is 1. The second-order valence-corrected chi connectivity index (χ2v) is 7.38. The number of carbonyl (C=O) groups excluding carboxylic acids is 1. The van der Waals surface area contributed by atoms with Crippen molar-refractivity contribution in [2.75, 3.05) is 5.73 Å². The molecule has 5 rings (SSSR count). The Balaban J connectivity index is 1.69. The van der Waals surface area contributed by atoms with Gasteiger partial charge in [0.25, 0.3) is 0 Å². The summed E-state index contributed by atoms with van der Waals surface area (Å²) in [5, 5.41) is 3.27. The van der Waals surface area contributed by atoms with Gasteiger partial charge in [0, 0.05) is 18.1 Å². The van der Waals surface area contributed by atoms with Gasteiger partial charge < -0.3 is 5.73 Å². The van der Waals surface area contributed by atoms with E-state index in [9.17, 15) is 4.79 Å². The third-order valence-electron chi connectivity index (χ3n) is 5.82. The van der Waals surface area contributed by atoms with Crippen molar-refractivity contribution in [1.29, 1.82) is 0 Å². The molecule has 1 aliphatic carbocycles. The van der Waals surface area contributed by atoms with Crippen molar-refractivity contribution < 1.29 is 9.36 Å². The second kappa shape index (κ2) is 6.31. The lowest BCUT2D eigenvalue weighted by atomic mass is 9.86. The summed E-state index contributed by atoms with van der Waals surface area (Å²) in [6, 6.07) is 22.5. The van der Waals surface area contributed by atoms with E-state index in [0.717, 1.165) is 46.0 Å². The first-order chi connectivity index (χ1) is 13.6. The van der Waals surface area contributed by atoms with Gasteiger partial charge in [-0.05, 0) is 34.9 Å². The normalized spacial score (nSPS) is 15.3. The van der Waals surface area contributed by atoms with Gasteiger partial charge in [-0.15, -0.1) is 0 Å². The van der Waals surface area contributed by atoms with Gasteiger partial charge in [-0.3, -0.25) is 4.79 Å². The van der Waals surface area contributed by atoms with Gasteiger partial charge >= 0.3 is 0 Å². The Morgan fingerprint density at radius 3 is 2.46 bits per heavy atom. The topological polar surface area (TPSA) is 47.0 Å². The van der Waals surface area contributed by atoms with E-state index >= 15 is 0 Å². The van der Waals surface area contributed by atoms with Crippen molar-refractivity contribution in [1.82, 2.24) is 0 Å². The highest BCUT2D eigenvalue weighted by atomic mass is 16.1. The predicted molar refractivity (Wildman–Crippen MR) is 114 cm³/mol. The van der Waals surface area contributed by atoms with Crippen molar-refractivity contribution in [2.24, 2.45) is 7.05 Å². The predicted octanol–water partition coefficient (Wildman–Crippen LogP) is 4.61. The van der Waals surface area contributed by atoms with Crippen LogP contribution in [0.15, 0.2) is 72.3 Å². The molecule has 0 amide bonds. The number of carbonyl (C=O) groups is 1. The minimum Gasteiger partial charge on any atom is -0.397 e. The molecule has 1 heterocycles. The Morgan fingerprint density at radius 1 is 0.893 bits per heavy atom. The van der Waals surface area contributed by atoms with Gasteiger partial charge in [0.05, 0.1) is 11.1 Å². The molecule has 1 aromatic heterocycles. The maximum absolute atomic E-state index is 13.4. The molecular weight excluding hydrogens is 344 g/mol. The Kier molecular flexibility index (Phi) is 3.76. The molecule has 0 saturated carbocycles. The highest BCUT2D eigenvalue weighted by molar-refractivity contribution is 6.18. The number of fused-ring (bicyclic) bond motifs is 3. The number of allylic oxidation sites excluding steroid dienone is 1. The number of anilines is 1. The number of rotatable bonds is 1. The molecule has 0 unspecified atom stereocenters. The van der Waals surface area contributed by atoms with E-state index in [4.69, 9.17) is 5.73 Å². The molecule has 4 aromatic rings. The molecular formula is C25H21N2O+. The number of Topliss-reactive ketones (excluding diaryl/α,β-unsaturated/α-hetero) is 1. The summed E-state index contributed by atoms with van der Waals surface area (Å²) < 4.78 is 2.12. The maximum Gasteiger partial charge on any atom is 0.214 e. The van der Waals surface area contributed by atoms with Gasteiger partial charge in [-0.2, -0.15) is 4.57 Å². The number of hydrogen-bond donors (Lipinski definition) is 1. The molecule has 136 valence electrons. The number of nitrogens with zero attached hydrogens (tertiary/aromatic N) is 1. The van der Waals surface area contributed by atoms with E-state index in [1.54, 1.807) is 0 Å². The van der Waals surface area contributed by atoms with Crippen LogP contribution in [0.4, 0.5) is 5.69 Å². The number of ketones is 1. The van der Waals surface area contributed by atoms with E-state index in [2.05, 4.69) is 34.9 Å². The van der Waals surface area contributed by atoms with Crippen LogP contribution in [0.5, 0.6) is 0 Å². The van der Waals surface area contributed by atoms with Crippen LogP contribution < -0.4 is 10.3 Å². The van der Waals surface area contributed by atoms with Crippen molar-refractivity contribution in [3.8, 4) is 0 Å². The first-order valence-corrected chi connectivity index (χ1v) is 9.57. The summed E-state index contributed by atoms with van der Waals surface area (Å²) in [7, 11) is 2.02. The minimum atomic E-state index is 0.0491. The van der Waals surface area contributed by atoms with Crippen molar-refractivity contribution in [3.63, 3.8) is 0 Å². The average Bonchev–Trinajstić information content (AvgIpc) is 2.73. The average molecular weight is 365 g/mol. The number of benzene rings is 3. The molecule has 0 saturated heterocycles. The highest BCUT2D eigenvalue weighted by Crippen LogP contribution is 2.33. The van der Waals surface area contributed by atoms with Crippen LogP contribution in [-0.4, -0.2) is 5.78 Å². The third kappa shape index (κ3) is 2.43. The lowest BCUT2D eigenvalue weighted by Crippen LogP contribution is -2.39. The fourth-order valence-electron chi connectivity index (χ4n) is 4.37. The van der Waals surface area contributed by atoms with E-state index in [1.165, 1.54) is 5.39 Å². The molecule has 3 heteroatoms. The van der Waals surface area contributed by atoms with Gasteiger partial charge in [0.1, 0.15) is 12.6 Å². The SMILES string of the molecule is C[n+]1c2c(c(N)c3ccccc31)C(=O)/C(=C/c1cccc3ccccc13)CC2. The molecule has 0 bridgehead atoms. The second-order valence-electron chi connectivity index (χ2n) is 7.38. The number of hydrogen-bond acceptors (Lipinski definition) is 2. The quantitative estimate of drug-likeness (QED) is 0.395. The first-order valence-electron chi connectivity index (χ1n) is 9.57. The van der Waals surface area contributed by atoms with Crippen LogP contribution in [0.1, 0.15) is 28.0 Å². The summed E-state index contributed by atoms with van der Waals surface area (Å²) in [6.45, 7) is 0. The van der Waals surface area contributed by atoms with Gasteiger partial charge in [-0.1, -0.05) is 54.6 Å². The monoisotopic (exact) mass is 365 g/mol. The van der Waals surface area contributed by atoms with Crippen LogP contribution in [-0.2, 0) is 13.5 Å². The fourth-order valence-corrected chi connectivity index (χ4v) is 4.37. The number of nitrogen functional groups attached to an aromatic ring is 1. The zero-order chi connectivity index (χ0) is 19.3. The van der Waals surface area contributed by atoms with Gasteiger partial charge in [0.15, 0.2) is 11.5 Å². The van der Waals surface area contributed by atoms with Gasteiger partial charge in [0.2, 0.25) is 5.52 Å². The van der Waals surface area contributed by atoms with Crippen LogP contribution in [0.25, 0.3) is 27.8 Å². The molecule has 3 nitrogen and oxygen atoms in total. The van der Waals surface area contributed by atoms with Crippen molar-refractivity contribution in [3.05, 3.63) is 89.1 Å². The summed E-state index contributed by atoms with van der Waals surface area (Å²) >= 11 is 0. The summed E-state index contributed by atoms with van der Waals surface area (Å²) in [5.74, 6) is 0.0491. The smallest absolute Gasteiger partial charge is 0.214 e. The summed E-state index contributed by atoms with van der Waals surface area (Å²) in [6.07, 6.45) is 3.58. The van der Waals surface area contributed by atoms with Crippen LogP contribution in [0, 0.1) is 0 Å². The first kappa shape index (κ1) is 16.7. The van der Waals surface area contributed by atoms with E-state index in [0.29, 0.717) is 11.3 Å². The van der Waals surface area contributed by atoms with E-state index < -0.39 is 0 Å². The summed E-state index contributed by atoms with van der Waals surface area (Å²) in [5.41, 5.74) is 11.7. The molecule has 0 aliphatic heterocycles. The standard InChI is InChI=1S/C25H20N2O/c1-27-21-12-5-4-11-20(21)24(26)23-22(27)14-13-18(25(23)28)15-17-9-6-8-16-7-2-3-10-19(16)17/h2-12,15,26H,13-14H2,1H3/p+1/b18-15+. The number of pyridine rings is 1. The molecule has 0 spiro atoms. The molecule has 2 N–H and O–H groups in total. The van der Waals surface area contributed by atoms with Gasteiger partial charge in [-0.25, -0.2) is 0 Å². The van der Waals surface area contributed by atoms with Crippen LogP contribution in [0.3, 0.4) is 0 Å². The molecule has 0 fully saturated rings. The number of para-hydroxylation sites is 1. The third-order valence-corrected chi connectivity index (χ3v) is 5.82. The Labute approximate surface area is 163 Å². The molecule has 3 aromatic carbocycles. The zero-order valence-electron chi connectivity index (χ0n) is 15.8. The Bertz CT molecular complexity index is 1300. The number of aromatic nitrogens is 1. The van der Waals surface area contributed by atoms with Crippen LogP contribution >= 0.6 is 0 Å². The Morgan fingerprint density at radius 2 is 1.61 bits per heavy atom. The highest BCUT2D eigenvalue weighted by Gasteiger charge is 2.32. The molecule has 1 aliphatic rings. The number of nitrogens with two attached hydrogens (primary N) is 1. The Hall–Kier alpha value is -3.46. The molecule has 0 radical (unpaired) electrons. The summed E-state index contributed by atoms with van der Waals surface area (Å²) in [4.78, 5) is 13.4.